The van der Waals surface area contributed by atoms with Crippen molar-refractivity contribution in [3.05, 3.63) is 34.3 Å². The molecule has 0 spiro atoms. The average molecular weight is 363 g/mol. The van der Waals surface area contributed by atoms with Crippen LogP contribution in [0.3, 0.4) is 0 Å². The van der Waals surface area contributed by atoms with Crippen molar-refractivity contribution in [2.75, 3.05) is 0 Å². The molecular formula is C13H17Br2NO. The van der Waals surface area contributed by atoms with Crippen molar-refractivity contribution in [1.82, 2.24) is 5.32 Å². The molecule has 1 aromatic carbocycles. The van der Waals surface area contributed by atoms with Crippen LogP contribution in [0, 0.1) is 5.92 Å². The van der Waals surface area contributed by atoms with E-state index in [1.165, 1.54) is 0 Å². The quantitative estimate of drug-likeness (QED) is 0.804. The van der Waals surface area contributed by atoms with Crippen molar-refractivity contribution in [2.24, 2.45) is 5.92 Å². The number of carbonyl (C=O) groups is 1. The molecule has 17 heavy (non-hydrogen) atoms. The van der Waals surface area contributed by atoms with E-state index in [0.717, 1.165) is 10.0 Å². The first-order valence-electron chi connectivity index (χ1n) is 5.61. The highest BCUT2D eigenvalue weighted by molar-refractivity contribution is 9.10. The molecule has 1 N–H and O–H groups in total. The van der Waals surface area contributed by atoms with Gasteiger partial charge in [0.1, 0.15) is 0 Å². The fraction of sp³-hybridized carbons (Fsp3) is 0.462. The Morgan fingerprint density at radius 2 is 1.94 bits per heavy atom. The van der Waals surface area contributed by atoms with Crippen molar-refractivity contribution in [3.8, 4) is 0 Å². The van der Waals surface area contributed by atoms with E-state index in [9.17, 15) is 4.79 Å². The van der Waals surface area contributed by atoms with E-state index < -0.39 is 0 Å². The van der Waals surface area contributed by atoms with Gasteiger partial charge in [0, 0.05) is 4.47 Å². The number of benzene rings is 1. The van der Waals surface area contributed by atoms with E-state index in [1.807, 2.05) is 45.0 Å². The second kappa shape index (κ2) is 6.55. The van der Waals surface area contributed by atoms with Crippen molar-refractivity contribution in [3.63, 3.8) is 0 Å². The fourth-order valence-corrected chi connectivity index (χ4v) is 2.00. The lowest BCUT2D eigenvalue weighted by Gasteiger charge is -2.19. The van der Waals surface area contributed by atoms with Gasteiger partial charge < -0.3 is 5.32 Å². The minimum atomic E-state index is -0.142. The molecule has 0 aliphatic heterocycles. The summed E-state index contributed by atoms with van der Waals surface area (Å²) in [5.41, 5.74) is 1.09. The second-order valence-corrected chi connectivity index (χ2v) is 6.33. The van der Waals surface area contributed by atoms with Gasteiger partial charge in [-0.1, -0.05) is 57.8 Å². The number of hydrogen-bond donors (Lipinski definition) is 1. The van der Waals surface area contributed by atoms with Gasteiger partial charge in [0.25, 0.3) is 0 Å². The molecule has 1 amide bonds. The molecule has 1 rings (SSSR count). The Hall–Kier alpha value is -0.350. The Kier molecular flexibility index (Phi) is 5.67. The third kappa shape index (κ3) is 4.43. The average Bonchev–Trinajstić information content (AvgIpc) is 2.27. The molecule has 0 fully saturated rings. The molecule has 0 aromatic heterocycles. The van der Waals surface area contributed by atoms with Crippen molar-refractivity contribution in [1.29, 1.82) is 0 Å². The number of hydrogen-bond acceptors (Lipinski definition) is 1. The van der Waals surface area contributed by atoms with Gasteiger partial charge in [-0.2, -0.15) is 0 Å². The maximum Gasteiger partial charge on any atom is 0.234 e. The van der Waals surface area contributed by atoms with E-state index >= 15 is 0 Å². The molecule has 0 radical (unpaired) electrons. The molecule has 0 saturated heterocycles. The summed E-state index contributed by atoms with van der Waals surface area (Å²) in [6, 6.07) is 7.98. The predicted molar refractivity (Wildman–Crippen MR) is 78.3 cm³/mol. The van der Waals surface area contributed by atoms with Crippen LogP contribution in [0.25, 0.3) is 0 Å². The molecule has 0 heterocycles. The van der Waals surface area contributed by atoms with Crippen molar-refractivity contribution >= 4 is 37.8 Å². The van der Waals surface area contributed by atoms with Crippen LogP contribution in [-0.4, -0.2) is 10.7 Å². The topological polar surface area (TPSA) is 29.1 Å². The SMILES string of the molecule is CC(NC(=O)C(Br)C(C)C)c1cccc(Br)c1. The molecule has 2 atom stereocenters. The molecule has 1 aromatic rings. The monoisotopic (exact) mass is 361 g/mol. The number of rotatable bonds is 4. The van der Waals surface area contributed by atoms with E-state index in [0.29, 0.717) is 0 Å². The zero-order valence-electron chi connectivity index (χ0n) is 10.2. The van der Waals surface area contributed by atoms with E-state index in [-0.39, 0.29) is 22.7 Å². The summed E-state index contributed by atoms with van der Waals surface area (Å²) < 4.78 is 1.02. The summed E-state index contributed by atoms with van der Waals surface area (Å²) in [4.78, 5) is 11.7. The third-order valence-electron chi connectivity index (χ3n) is 2.54. The molecule has 2 unspecified atom stereocenters. The summed E-state index contributed by atoms with van der Waals surface area (Å²) in [5, 5.41) is 3.00. The number of nitrogens with one attached hydrogen (secondary N) is 1. The van der Waals surface area contributed by atoms with Crippen LogP contribution in [0.2, 0.25) is 0 Å². The zero-order chi connectivity index (χ0) is 13.0. The summed E-state index contributed by atoms with van der Waals surface area (Å²) >= 11 is 6.83. The highest BCUT2D eigenvalue weighted by Crippen LogP contribution is 2.19. The Bertz CT molecular complexity index is 393. The Balaban J connectivity index is 2.66. The lowest BCUT2D eigenvalue weighted by molar-refractivity contribution is -0.121. The van der Waals surface area contributed by atoms with Gasteiger partial charge >= 0.3 is 0 Å². The molecule has 0 aliphatic rings. The van der Waals surface area contributed by atoms with Gasteiger partial charge in [0.05, 0.1) is 10.9 Å². The Labute approximate surface area is 119 Å². The molecule has 4 heteroatoms. The zero-order valence-corrected chi connectivity index (χ0v) is 13.4. The molecule has 0 aliphatic carbocycles. The molecule has 0 bridgehead atoms. The van der Waals surface area contributed by atoms with Crippen LogP contribution in [0.5, 0.6) is 0 Å². The smallest absolute Gasteiger partial charge is 0.234 e. The summed E-state index contributed by atoms with van der Waals surface area (Å²) in [7, 11) is 0. The van der Waals surface area contributed by atoms with E-state index in [2.05, 4.69) is 37.2 Å². The highest BCUT2D eigenvalue weighted by Gasteiger charge is 2.20. The minimum absolute atomic E-state index is 0.0128. The van der Waals surface area contributed by atoms with Crippen LogP contribution in [0.1, 0.15) is 32.4 Å². The van der Waals surface area contributed by atoms with Crippen LogP contribution in [0.4, 0.5) is 0 Å². The van der Waals surface area contributed by atoms with Crippen LogP contribution >= 0.6 is 31.9 Å². The largest absolute Gasteiger partial charge is 0.349 e. The third-order valence-corrected chi connectivity index (χ3v) is 4.51. The second-order valence-electron chi connectivity index (χ2n) is 4.43. The van der Waals surface area contributed by atoms with Crippen molar-refractivity contribution in [2.45, 2.75) is 31.6 Å². The Morgan fingerprint density at radius 3 is 2.47 bits per heavy atom. The standard InChI is InChI=1S/C13H17Br2NO/c1-8(2)12(15)13(17)16-9(3)10-5-4-6-11(14)7-10/h4-9,12H,1-3H3,(H,16,17). The van der Waals surface area contributed by atoms with Crippen LogP contribution in [-0.2, 0) is 4.79 Å². The summed E-state index contributed by atoms with van der Waals surface area (Å²) in [5.74, 6) is 0.317. The number of halogens is 2. The predicted octanol–water partition coefficient (Wildman–Crippen LogP) is 4.05. The highest BCUT2D eigenvalue weighted by atomic mass is 79.9. The van der Waals surface area contributed by atoms with Crippen LogP contribution < -0.4 is 5.32 Å². The van der Waals surface area contributed by atoms with Gasteiger partial charge in [-0.25, -0.2) is 0 Å². The van der Waals surface area contributed by atoms with Gasteiger partial charge in [-0.05, 0) is 30.5 Å². The fourth-order valence-electron chi connectivity index (χ4n) is 1.46. The van der Waals surface area contributed by atoms with E-state index in [1.54, 1.807) is 0 Å². The first kappa shape index (κ1) is 14.7. The van der Waals surface area contributed by atoms with Crippen LogP contribution in [0.15, 0.2) is 28.7 Å². The Morgan fingerprint density at radius 1 is 1.29 bits per heavy atom. The van der Waals surface area contributed by atoms with Crippen molar-refractivity contribution < 1.29 is 4.79 Å². The normalized spacial score (nSPS) is 14.5. The van der Waals surface area contributed by atoms with E-state index in [4.69, 9.17) is 0 Å². The van der Waals surface area contributed by atoms with Gasteiger partial charge in [-0.3, -0.25) is 4.79 Å². The summed E-state index contributed by atoms with van der Waals surface area (Å²) in [6.45, 7) is 6.02. The first-order valence-corrected chi connectivity index (χ1v) is 7.32. The maximum atomic E-state index is 11.9. The van der Waals surface area contributed by atoms with Gasteiger partial charge in [-0.15, -0.1) is 0 Å². The molecular weight excluding hydrogens is 346 g/mol. The van der Waals surface area contributed by atoms with Gasteiger partial charge in [0.2, 0.25) is 5.91 Å². The molecule has 94 valence electrons. The summed E-state index contributed by atoms with van der Waals surface area (Å²) in [6.07, 6.45) is 0. The first-order chi connectivity index (χ1) is 7.91. The molecule has 2 nitrogen and oxygen atoms in total. The molecule has 0 saturated carbocycles. The number of carbonyl (C=O) groups excluding carboxylic acids is 1. The number of amides is 1. The minimum Gasteiger partial charge on any atom is -0.349 e. The van der Waals surface area contributed by atoms with Gasteiger partial charge in [0.15, 0.2) is 0 Å². The lowest BCUT2D eigenvalue weighted by Crippen LogP contribution is -2.35. The number of alkyl halides is 1. The lowest BCUT2D eigenvalue weighted by atomic mass is 10.1. The maximum absolute atomic E-state index is 11.9.